The number of carbonyl (C=O) groups is 3. The normalized spacial score (nSPS) is 24.4. The summed E-state index contributed by atoms with van der Waals surface area (Å²) in [7, 11) is 0. The second kappa shape index (κ2) is 7.12. The summed E-state index contributed by atoms with van der Waals surface area (Å²) in [6.45, 7) is 6.47. The lowest BCUT2D eigenvalue weighted by molar-refractivity contribution is -0.129. The van der Waals surface area contributed by atoms with Crippen molar-refractivity contribution < 1.29 is 19.1 Å². The number of carbonyl (C=O) groups excluding carboxylic acids is 3. The van der Waals surface area contributed by atoms with E-state index in [0.717, 1.165) is 19.3 Å². The highest BCUT2D eigenvalue weighted by Crippen LogP contribution is 2.30. The van der Waals surface area contributed by atoms with Gasteiger partial charge in [0.05, 0.1) is 19.3 Å². The van der Waals surface area contributed by atoms with E-state index in [1.54, 1.807) is 11.8 Å². The summed E-state index contributed by atoms with van der Waals surface area (Å²) in [5.74, 6) is -0.0870. The standard InChI is InChI=1S/C19H26N2O4/c1-11-17(13(3)22)12(2)20-18(11)19(24)21-8-9-25-10-15(21)14-6-4-5-7-16(14)23/h14-15,20H,4-10H2,1-3H3/t14-,15-/m0/s1. The molecule has 2 heterocycles. The Hall–Kier alpha value is -1.95. The Morgan fingerprint density at radius 2 is 2.00 bits per heavy atom. The van der Waals surface area contributed by atoms with Gasteiger partial charge in [0.1, 0.15) is 11.5 Å². The lowest BCUT2D eigenvalue weighted by atomic mass is 9.82. The summed E-state index contributed by atoms with van der Waals surface area (Å²) in [6, 6.07) is -0.210. The minimum absolute atomic E-state index is 0.0497. The van der Waals surface area contributed by atoms with E-state index >= 15 is 0 Å². The molecule has 1 N–H and O–H groups in total. The number of hydrogen-bond donors (Lipinski definition) is 1. The van der Waals surface area contributed by atoms with Crippen LogP contribution in [-0.4, -0.2) is 53.2 Å². The molecule has 0 aromatic carbocycles. The zero-order valence-electron chi connectivity index (χ0n) is 15.2. The number of ketones is 2. The molecule has 0 spiro atoms. The van der Waals surface area contributed by atoms with Crippen molar-refractivity contribution in [3.63, 3.8) is 0 Å². The number of rotatable bonds is 3. The van der Waals surface area contributed by atoms with Crippen molar-refractivity contribution in [1.82, 2.24) is 9.88 Å². The molecule has 25 heavy (non-hydrogen) atoms. The summed E-state index contributed by atoms with van der Waals surface area (Å²) < 4.78 is 5.59. The molecule has 1 saturated heterocycles. The van der Waals surface area contributed by atoms with Gasteiger partial charge in [-0.05, 0) is 39.2 Å². The van der Waals surface area contributed by atoms with Crippen LogP contribution in [0.2, 0.25) is 0 Å². The average molecular weight is 346 g/mol. The van der Waals surface area contributed by atoms with E-state index in [4.69, 9.17) is 4.74 Å². The molecule has 1 aromatic rings. The number of hydrogen-bond acceptors (Lipinski definition) is 4. The zero-order chi connectivity index (χ0) is 18.1. The van der Waals surface area contributed by atoms with Gasteiger partial charge in [0, 0.05) is 30.1 Å². The molecule has 6 heteroatoms. The van der Waals surface area contributed by atoms with Crippen LogP contribution >= 0.6 is 0 Å². The molecular weight excluding hydrogens is 320 g/mol. The molecule has 136 valence electrons. The van der Waals surface area contributed by atoms with Crippen LogP contribution in [0, 0.1) is 19.8 Å². The van der Waals surface area contributed by atoms with Gasteiger partial charge in [-0.2, -0.15) is 0 Å². The quantitative estimate of drug-likeness (QED) is 0.853. The smallest absolute Gasteiger partial charge is 0.271 e. The van der Waals surface area contributed by atoms with Crippen molar-refractivity contribution in [1.29, 1.82) is 0 Å². The highest BCUT2D eigenvalue weighted by Gasteiger charge is 2.39. The Balaban J connectivity index is 1.90. The number of aromatic nitrogens is 1. The van der Waals surface area contributed by atoms with Crippen LogP contribution in [0.5, 0.6) is 0 Å². The van der Waals surface area contributed by atoms with E-state index in [1.165, 1.54) is 6.92 Å². The molecule has 2 atom stereocenters. The fraction of sp³-hybridized carbons (Fsp3) is 0.632. The Morgan fingerprint density at radius 3 is 2.64 bits per heavy atom. The fourth-order valence-electron chi connectivity index (χ4n) is 4.26. The molecule has 6 nitrogen and oxygen atoms in total. The van der Waals surface area contributed by atoms with Crippen LogP contribution < -0.4 is 0 Å². The lowest BCUT2D eigenvalue weighted by Gasteiger charge is -2.40. The van der Waals surface area contributed by atoms with E-state index in [9.17, 15) is 14.4 Å². The number of nitrogens with one attached hydrogen (secondary N) is 1. The first-order valence-corrected chi connectivity index (χ1v) is 9.03. The Morgan fingerprint density at radius 1 is 1.24 bits per heavy atom. The van der Waals surface area contributed by atoms with Crippen molar-refractivity contribution in [2.75, 3.05) is 19.8 Å². The van der Waals surface area contributed by atoms with Crippen LogP contribution in [0.25, 0.3) is 0 Å². The summed E-state index contributed by atoms with van der Waals surface area (Å²) in [4.78, 5) is 42.3. The van der Waals surface area contributed by atoms with Gasteiger partial charge in [-0.25, -0.2) is 0 Å². The number of aromatic amines is 1. The van der Waals surface area contributed by atoms with Crippen molar-refractivity contribution in [2.24, 2.45) is 5.92 Å². The number of aryl methyl sites for hydroxylation is 1. The summed E-state index contributed by atoms with van der Waals surface area (Å²) >= 11 is 0. The third-order valence-electron chi connectivity index (χ3n) is 5.50. The highest BCUT2D eigenvalue weighted by atomic mass is 16.5. The molecule has 1 aliphatic heterocycles. The van der Waals surface area contributed by atoms with Gasteiger partial charge in [-0.15, -0.1) is 0 Å². The fourth-order valence-corrected chi connectivity index (χ4v) is 4.26. The monoisotopic (exact) mass is 346 g/mol. The minimum atomic E-state index is -0.210. The van der Waals surface area contributed by atoms with Crippen LogP contribution in [0.15, 0.2) is 0 Å². The van der Waals surface area contributed by atoms with Crippen molar-refractivity contribution >= 4 is 17.5 Å². The first-order chi connectivity index (χ1) is 11.9. The Kier molecular flexibility index (Phi) is 5.08. The predicted molar refractivity (Wildman–Crippen MR) is 92.9 cm³/mol. The van der Waals surface area contributed by atoms with Gasteiger partial charge >= 0.3 is 0 Å². The molecule has 2 fully saturated rings. The highest BCUT2D eigenvalue weighted by molar-refractivity contribution is 6.02. The first kappa shape index (κ1) is 17.9. The molecule has 1 amide bonds. The van der Waals surface area contributed by atoms with E-state index in [2.05, 4.69) is 4.98 Å². The summed E-state index contributed by atoms with van der Waals surface area (Å²) in [5, 5.41) is 0. The predicted octanol–water partition coefficient (Wildman–Crippen LogP) is 2.43. The second-order valence-corrected chi connectivity index (χ2v) is 7.14. The second-order valence-electron chi connectivity index (χ2n) is 7.14. The Bertz CT molecular complexity index is 707. The number of Topliss-reactive ketones (excluding diaryl/α,β-unsaturated/α-hetero) is 2. The van der Waals surface area contributed by atoms with Crippen molar-refractivity contribution in [2.45, 2.75) is 52.5 Å². The van der Waals surface area contributed by atoms with Crippen LogP contribution in [0.1, 0.15) is 64.7 Å². The molecular formula is C19H26N2O4. The molecule has 0 radical (unpaired) electrons. The first-order valence-electron chi connectivity index (χ1n) is 9.03. The number of ether oxygens (including phenoxy) is 1. The maximum atomic E-state index is 13.2. The molecule has 1 aliphatic carbocycles. The van der Waals surface area contributed by atoms with Gasteiger partial charge in [0.25, 0.3) is 5.91 Å². The SMILES string of the molecule is CC(=O)c1c(C)[nH]c(C(=O)N2CCOC[C@H]2[C@@H]2CCCCC2=O)c1C. The largest absolute Gasteiger partial charge is 0.377 e. The van der Waals surface area contributed by atoms with Gasteiger partial charge in [0.15, 0.2) is 5.78 Å². The molecule has 0 unspecified atom stereocenters. The molecule has 1 aromatic heterocycles. The molecule has 3 rings (SSSR count). The van der Waals surface area contributed by atoms with Gasteiger partial charge < -0.3 is 14.6 Å². The minimum Gasteiger partial charge on any atom is -0.377 e. The van der Waals surface area contributed by atoms with E-state index in [0.29, 0.717) is 48.7 Å². The number of H-pyrrole nitrogens is 1. The number of morpholine rings is 1. The zero-order valence-corrected chi connectivity index (χ0v) is 15.2. The Labute approximate surface area is 147 Å². The van der Waals surface area contributed by atoms with Crippen molar-refractivity contribution in [3.8, 4) is 0 Å². The maximum Gasteiger partial charge on any atom is 0.271 e. The maximum absolute atomic E-state index is 13.2. The van der Waals surface area contributed by atoms with E-state index < -0.39 is 0 Å². The van der Waals surface area contributed by atoms with Gasteiger partial charge in [-0.1, -0.05) is 6.42 Å². The summed E-state index contributed by atoms with van der Waals surface area (Å²) in [6.07, 6.45) is 3.37. The van der Waals surface area contributed by atoms with Crippen LogP contribution in [-0.2, 0) is 9.53 Å². The third-order valence-corrected chi connectivity index (χ3v) is 5.50. The van der Waals surface area contributed by atoms with E-state index in [-0.39, 0.29) is 29.4 Å². The van der Waals surface area contributed by atoms with Crippen LogP contribution in [0.4, 0.5) is 0 Å². The average Bonchev–Trinajstić information content (AvgIpc) is 2.89. The van der Waals surface area contributed by atoms with E-state index in [1.807, 2.05) is 6.92 Å². The van der Waals surface area contributed by atoms with Gasteiger partial charge in [0.2, 0.25) is 0 Å². The number of amides is 1. The summed E-state index contributed by atoms with van der Waals surface area (Å²) in [5.41, 5.74) is 2.45. The van der Waals surface area contributed by atoms with Crippen molar-refractivity contribution in [3.05, 3.63) is 22.5 Å². The topological polar surface area (TPSA) is 79.5 Å². The molecule has 2 aliphatic rings. The molecule has 1 saturated carbocycles. The number of nitrogens with zero attached hydrogens (tertiary/aromatic N) is 1. The molecule has 0 bridgehead atoms. The van der Waals surface area contributed by atoms with Crippen LogP contribution in [0.3, 0.4) is 0 Å². The lowest BCUT2D eigenvalue weighted by Crippen LogP contribution is -2.54. The van der Waals surface area contributed by atoms with Gasteiger partial charge in [-0.3, -0.25) is 14.4 Å². The third kappa shape index (κ3) is 3.27.